The summed E-state index contributed by atoms with van der Waals surface area (Å²) in [6, 6.07) is 16.4. The highest BCUT2D eigenvalue weighted by Crippen LogP contribution is 2.35. The van der Waals surface area contributed by atoms with E-state index in [1.807, 2.05) is 18.2 Å². The lowest BCUT2D eigenvalue weighted by Crippen LogP contribution is -2.43. The van der Waals surface area contributed by atoms with E-state index in [4.69, 9.17) is 16.3 Å². The van der Waals surface area contributed by atoms with E-state index in [-0.39, 0.29) is 24.5 Å². The number of hydrogen-bond acceptors (Lipinski definition) is 6. The number of anilines is 2. The van der Waals surface area contributed by atoms with Gasteiger partial charge in [0, 0.05) is 23.4 Å². The van der Waals surface area contributed by atoms with Crippen LogP contribution in [-0.4, -0.2) is 39.9 Å². The highest BCUT2D eigenvalue weighted by atomic mass is 35.5. The summed E-state index contributed by atoms with van der Waals surface area (Å²) in [6.45, 7) is -0.592. The molecule has 1 aliphatic rings. The number of ether oxygens (including phenoxy) is 1. The van der Waals surface area contributed by atoms with Gasteiger partial charge >= 0.3 is 0 Å². The number of fused-ring (bicyclic) bond motifs is 2. The number of nitro benzene ring substituents is 1. The molecular formula is C23H16ClN5O5. The second kappa shape index (κ2) is 8.49. The van der Waals surface area contributed by atoms with Crippen LogP contribution in [0.1, 0.15) is 0 Å². The van der Waals surface area contributed by atoms with Crippen LogP contribution in [-0.2, 0) is 9.59 Å². The quantitative estimate of drug-likeness (QED) is 0.328. The number of non-ortho nitro benzene ring substituents is 1. The van der Waals surface area contributed by atoms with Crippen LogP contribution in [0.25, 0.3) is 22.4 Å². The molecule has 5 rings (SSSR count). The molecule has 170 valence electrons. The summed E-state index contributed by atoms with van der Waals surface area (Å²) in [6.07, 6.45) is 0. The standard InChI is InChI=1S/C23H16ClN5O5/c24-16-4-2-1-3-15(16)23-26-17-7-5-13(9-18(17)27-23)25-21(30)11-28-19-10-14(29(32)33)6-8-20(19)34-12-22(28)31/h1-10H,11-12H2,(H,25,30)(H,26,27). The lowest BCUT2D eigenvalue weighted by Gasteiger charge is -2.28. The molecule has 0 unspecified atom stereocenters. The highest BCUT2D eigenvalue weighted by molar-refractivity contribution is 6.33. The number of benzene rings is 3. The number of aromatic amines is 1. The van der Waals surface area contributed by atoms with Crippen molar-refractivity contribution in [2.45, 2.75) is 0 Å². The Labute approximate surface area is 197 Å². The third kappa shape index (κ3) is 4.02. The first-order valence-corrected chi connectivity index (χ1v) is 10.5. The van der Waals surface area contributed by atoms with Crippen LogP contribution in [0.3, 0.4) is 0 Å². The maximum absolute atomic E-state index is 12.7. The van der Waals surface area contributed by atoms with Gasteiger partial charge in [-0.1, -0.05) is 23.7 Å². The molecule has 0 bridgehead atoms. The first-order chi connectivity index (χ1) is 16.4. The Morgan fingerprint density at radius 3 is 2.82 bits per heavy atom. The van der Waals surface area contributed by atoms with Crippen molar-refractivity contribution >= 4 is 51.5 Å². The zero-order valence-corrected chi connectivity index (χ0v) is 18.2. The smallest absolute Gasteiger partial charge is 0.271 e. The zero-order chi connectivity index (χ0) is 23.8. The van der Waals surface area contributed by atoms with Gasteiger partial charge in [0.2, 0.25) is 5.91 Å². The molecule has 11 heteroatoms. The number of amides is 2. The molecule has 3 aromatic carbocycles. The summed E-state index contributed by atoms with van der Waals surface area (Å²) < 4.78 is 5.33. The van der Waals surface area contributed by atoms with Crippen LogP contribution >= 0.6 is 11.6 Å². The Morgan fingerprint density at radius 2 is 2.03 bits per heavy atom. The number of halogens is 1. The molecule has 34 heavy (non-hydrogen) atoms. The van der Waals surface area contributed by atoms with Gasteiger partial charge in [0.25, 0.3) is 11.6 Å². The van der Waals surface area contributed by atoms with E-state index >= 15 is 0 Å². The van der Waals surface area contributed by atoms with Crippen molar-refractivity contribution in [3.05, 3.63) is 75.8 Å². The van der Waals surface area contributed by atoms with E-state index < -0.39 is 16.7 Å². The van der Waals surface area contributed by atoms with Crippen molar-refractivity contribution in [1.29, 1.82) is 0 Å². The number of nitro groups is 1. The minimum Gasteiger partial charge on any atom is -0.482 e. The first kappa shape index (κ1) is 21.4. The Bertz CT molecular complexity index is 1470. The summed E-state index contributed by atoms with van der Waals surface area (Å²) in [4.78, 5) is 44.6. The van der Waals surface area contributed by atoms with Crippen LogP contribution in [0.5, 0.6) is 5.75 Å². The number of rotatable bonds is 5. The lowest BCUT2D eigenvalue weighted by molar-refractivity contribution is -0.384. The Kier molecular flexibility index (Phi) is 5.34. The van der Waals surface area contributed by atoms with Gasteiger partial charge in [-0.3, -0.25) is 24.6 Å². The summed E-state index contributed by atoms with van der Waals surface area (Å²) >= 11 is 6.26. The Morgan fingerprint density at radius 1 is 1.21 bits per heavy atom. The number of carbonyl (C=O) groups is 2. The van der Waals surface area contributed by atoms with E-state index in [1.54, 1.807) is 24.3 Å². The van der Waals surface area contributed by atoms with Crippen LogP contribution in [0, 0.1) is 10.1 Å². The molecule has 1 aromatic heterocycles. The van der Waals surface area contributed by atoms with Crippen LogP contribution in [0.4, 0.5) is 17.1 Å². The monoisotopic (exact) mass is 477 g/mol. The molecule has 0 spiro atoms. The number of hydrogen-bond donors (Lipinski definition) is 2. The van der Waals surface area contributed by atoms with Crippen LogP contribution < -0.4 is 15.0 Å². The van der Waals surface area contributed by atoms with E-state index in [2.05, 4.69) is 15.3 Å². The molecule has 0 atom stereocenters. The average Bonchev–Trinajstić information content (AvgIpc) is 3.24. The van der Waals surface area contributed by atoms with Gasteiger partial charge in [-0.2, -0.15) is 0 Å². The molecule has 0 radical (unpaired) electrons. The molecule has 0 saturated carbocycles. The second-order valence-corrected chi connectivity index (χ2v) is 7.93. The van der Waals surface area contributed by atoms with Crippen molar-refractivity contribution in [2.24, 2.45) is 0 Å². The molecule has 10 nitrogen and oxygen atoms in total. The van der Waals surface area contributed by atoms with E-state index in [1.165, 1.54) is 23.1 Å². The molecular weight excluding hydrogens is 462 g/mol. The topological polar surface area (TPSA) is 130 Å². The molecule has 1 aliphatic heterocycles. The van der Waals surface area contributed by atoms with Crippen molar-refractivity contribution in [2.75, 3.05) is 23.4 Å². The van der Waals surface area contributed by atoms with Crippen molar-refractivity contribution in [1.82, 2.24) is 9.97 Å². The van der Waals surface area contributed by atoms with Crippen molar-refractivity contribution in [3.63, 3.8) is 0 Å². The summed E-state index contributed by atoms with van der Waals surface area (Å²) in [7, 11) is 0. The zero-order valence-electron chi connectivity index (χ0n) is 17.4. The van der Waals surface area contributed by atoms with Crippen LogP contribution in [0.15, 0.2) is 60.7 Å². The van der Waals surface area contributed by atoms with Gasteiger partial charge in [-0.05, 0) is 36.4 Å². The highest BCUT2D eigenvalue weighted by Gasteiger charge is 2.29. The van der Waals surface area contributed by atoms with Gasteiger partial charge < -0.3 is 15.0 Å². The number of aromatic nitrogens is 2. The number of H-pyrrole nitrogens is 1. The van der Waals surface area contributed by atoms with Gasteiger partial charge in [-0.25, -0.2) is 4.98 Å². The number of nitrogens with zero attached hydrogens (tertiary/aromatic N) is 3. The molecule has 0 saturated heterocycles. The maximum Gasteiger partial charge on any atom is 0.271 e. The fourth-order valence-corrected chi connectivity index (χ4v) is 3.91. The predicted molar refractivity (Wildman–Crippen MR) is 126 cm³/mol. The third-order valence-corrected chi connectivity index (χ3v) is 5.62. The lowest BCUT2D eigenvalue weighted by atomic mass is 10.2. The van der Waals surface area contributed by atoms with Gasteiger partial charge in [0.05, 0.1) is 26.7 Å². The largest absolute Gasteiger partial charge is 0.482 e. The van der Waals surface area contributed by atoms with Crippen molar-refractivity contribution < 1.29 is 19.2 Å². The van der Waals surface area contributed by atoms with Gasteiger partial charge in [0.15, 0.2) is 6.61 Å². The fourth-order valence-electron chi connectivity index (χ4n) is 3.69. The molecule has 0 aliphatic carbocycles. The minimum atomic E-state index is -0.575. The molecule has 0 fully saturated rings. The van der Waals surface area contributed by atoms with E-state index in [0.29, 0.717) is 33.3 Å². The van der Waals surface area contributed by atoms with Crippen LogP contribution in [0.2, 0.25) is 5.02 Å². The maximum atomic E-state index is 12.7. The average molecular weight is 478 g/mol. The van der Waals surface area contributed by atoms with Gasteiger partial charge in [-0.15, -0.1) is 0 Å². The second-order valence-electron chi connectivity index (χ2n) is 7.52. The van der Waals surface area contributed by atoms with E-state index in [0.717, 1.165) is 5.56 Å². The van der Waals surface area contributed by atoms with Gasteiger partial charge in [0.1, 0.15) is 18.1 Å². The number of nitrogens with one attached hydrogen (secondary N) is 2. The first-order valence-electron chi connectivity index (χ1n) is 10.1. The SMILES string of the molecule is O=C(CN1C(=O)COc2ccc([N+](=O)[O-])cc21)Nc1ccc2nc(-c3ccccc3Cl)[nH]c2c1. The summed E-state index contributed by atoms with van der Waals surface area (Å²) in [5, 5.41) is 14.4. The Hall–Kier alpha value is -4.44. The normalized spacial score (nSPS) is 12.9. The summed E-state index contributed by atoms with van der Waals surface area (Å²) in [5.74, 6) is -0.0559. The predicted octanol–water partition coefficient (Wildman–Crippen LogP) is 4.16. The molecule has 2 N–H and O–H groups in total. The molecule has 4 aromatic rings. The third-order valence-electron chi connectivity index (χ3n) is 5.29. The fraction of sp³-hybridized carbons (Fsp3) is 0.0870. The van der Waals surface area contributed by atoms with E-state index in [9.17, 15) is 19.7 Å². The number of carbonyl (C=O) groups excluding carboxylic acids is 2. The Balaban J connectivity index is 1.36. The minimum absolute atomic E-state index is 0.175. The molecule has 2 heterocycles. The molecule has 2 amide bonds. The number of imidazole rings is 1. The van der Waals surface area contributed by atoms with Crippen molar-refractivity contribution in [3.8, 4) is 17.1 Å². The summed E-state index contributed by atoms with van der Waals surface area (Å²) in [5.41, 5.74) is 2.60.